The van der Waals surface area contributed by atoms with Gasteiger partial charge in [-0.3, -0.25) is 14.2 Å². The summed E-state index contributed by atoms with van der Waals surface area (Å²) in [6.45, 7) is 2.12. The molecule has 0 fully saturated rings. The highest BCUT2D eigenvalue weighted by Crippen LogP contribution is 2.18. The Hall–Kier alpha value is -3.29. The van der Waals surface area contributed by atoms with Gasteiger partial charge in [-0.1, -0.05) is 35.9 Å². The third kappa shape index (κ3) is 3.90. The maximum absolute atomic E-state index is 13.0. The van der Waals surface area contributed by atoms with Crippen molar-refractivity contribution in [3.05, 3.63) is 97.6 Å². The third-order valence-electron chi connectivity index (χ3n) is 4.77. The molecule has 0 aliphatic carbocycles. The Balaban J connectivity index is 1.70. The number of halogens is 1. The van der Waals surface area contributed by atoms with E-state index < -0.39 is 0 Å². The number of aromatic nitrogens is 3. The largest absolute Gasteiger partial charge is 0.332 e. The molecule has 0 atom stereocenters. The normalized spacial score (nSPS) is 10.9. The number of carbonyl (C=O) groups excluding carboxylic acids is 1. The summed E-state index contributed by atoms with van der Waals surface area (Å²) in [5.74, 6) is 0.170. The Kier molecular flexibility index (Phi) is 5.48. The summed E-state index contributed by atoms with van der Waals surface area (Å²) in [4.78, 5) is 32.9. The quantitative estimate of drug-likeness (QED) is 0.454. The second kappa shape index (κ2) is 8.22. The number of H-pyrrole nitrogens is 1. The van der Waals surface area contributed by atoms with Gasteiger partial charge in [-0.15, -0.1) is 0 Å². The molecule has 0 spiro atoms. The number of nitrogens with one attached hydrogen (secondary N) is 2. The number of rotatable bonds is 4. The number of aromatic amines is 1. The summed E-state index contributed by atoms with van der Waals surface area (Å²) < 4.78 is 1.71. The van der Waals surface area contributed by atoms with Gasteiger partial charge in [-0.25, -0.2) is 4.98 Å². The first-order valence-corrected chi connectivity index (χ1v) is 9.96. The Morgan fingerprint density at radius 2 is 2.00 bits per heavy atom. The number of fused-ring (bicyclic) bond motifs is 1. The van der Waals surface area contributed by atoms with E-state index in [0.717, 1.165) is 11.1 Å². The van der Waals surface area contributed by atoms with Gasteiger partial charge in [0.05, 0.1) is 17.4 Å². The Morgan fingerprint density at radius 1 is 1.20 bits per heavy atom. The van der Waals surface area contributed by atoms with Crippen molar-refractivity contribution in [1.82, 2.24) is 14.5 Å². The van der Waals surface area contributed by atoms with Gasteiger partial charge in [0.1, 0.15) is 5.82 Å². The van der Waals surface area contributed by atoms with Crippen molar-refractivity contribution < 1.29 is 4.79 Å². The first kappa shape index (κ1) is 20.0. The van der Waals surface area contributed by atoms with Gasteiger partial charge in [0.15, 0.2) is 4.77 Å². The average molecular weight is 437 g/mol. The Morgan fingerprint density at radius 3 is 2.77 bits per heavy atom. The number of hydrogen-bond donors (Lipinski definition) is 2. The fourth-order valence-corrected chi connectivity index (χ4v) is 3.59. The SMILES string of the molecule is Cc1cccnc1NC(=O)c1ccc2c(=O)n(Cc3ccccc3Cl)c(=S)[nH]c2c1. The molecule has 4 aromatic rings. The maximum Gasteiger partial charge on any atom is 0.262 e. The third-order valence-corrected chi connectivity index (χ3v) is 5.46. The van der Waals surface area contributed by atoms with Gasteiger partial charge in [0.2, 0.25) is 0 Å². The number of amides is 1. The Bertz CT molecular complexity index is 1390. The second-order valence-electron chi connectivity index (χ2n) is 6.80. The predicted molar refractivity (Wildman–Crippen MR) is 121 cm³/mol. The van der Waals surface area contributed by atoms with Crippen LogP contribution < -0.4 is 10.9 Å². The molecule has 0 aliphatic rings. The van der Waals surface area contributed by atoms with Crippen LogP contribution in [0.2, 0.25) is 5.02 Å². The lowest BCUT2D eigenvalue weighted by Gasteiger charge is -2.11. The molecule has 4 rings (SSSR count). The summed E-state index contributed by atoms with van der Waals surface area (Å²) in [6, 6.07) is 15.8. The highest BCUT2D eigenvalue weighted by atomic mass is 35.5. The molecule has 2 N–H and O–H groups in total. The molecule has 0 radical (unpaired) electrons. The van der Waals surface area contributed by atoms with Gasteiger partial charge >= 0.3 is 0 Å². The lowest BCUT2D eigenvalue weighted by atomic mass is 10.1. The number of aryl methyl sites for hydroxylation is 1. The molecule has 0 saturated heterocycles. The molecule has 6 nitrogen and oxygen atoms in total. The molecule has 30 heavy (non-hydrogen) atoms. The molecular formula is C22H17ClN4O2S. The van der Waals surface area contributed by atoms with E-state index in [1.54, 1.807) is 36.5 Å². The van der Waals surface area contributed by atoms with Gasteiger partial charge in [0, 0.05) is 16.8 Å². The predicted octanol–water partition coefficient (Wildman–Crippen LogP) is 4.72. The van der Waals surface area contributed by atoms with E-state index in [2.05, 4.69) is 15.3 Å². The first-order valence-electron chi connectivity index (χ1n) is 9.17. The fourth-order valence-electron chi connectivity index (χ4n) is 3.13. The summed E-state index contributed by atoms with van der Waals surface area (Å²) in [5.41, 5.74) is 2.28. The van der Waals surface area contributed by atoms with Crippen molar-refractivity contribution in [3.8, 4) is 0 Å². The highest BCUT2D eigenvalue weighted by molar-refractivity contribution is 7.71. The van der Waals surface area contributed by atoms with Crippen LogP contribution in [0.1, 0.15) is 21.5 Å². The van der Waals surface area contributed by atoms with Crippen LogP contribution in [0, 0.1) is 11.7 Å². The summed E-state index contributed by atoms with van der Waals surface area (Å²) >= 11 is 11.6. The summed E-state index contributed by atoms with van der Waals surface area (Å²) in [6.07, 6.45) is 1.61. The number of anilines is 1. The van der Waals surface area contributed by atoms with Crippen molar-refractivity contribution in [2.24, 2.45) is 0 Å². The van der Waals surface area contributed by atoms with E-state index >= 15 is 0 Å². The molecule has 2 heterocycles. The molecular weight excluding hydrogens is 420 g/mol. The van der Waals surface area contributed by atoms with E-state index in [0.29, 0.717) is 27.3 Å². The van der Waals surface area contributed by atoms with E-state index in [1.807, 2.05) is 31.2 Å². The molecule has 0 aliphatic heterocycles. The van der Waals surface area contributed by atoms with Crippen molar-refractivity contribution >= 4 is 46.4 Å². The number of hydrogen-bond acceptors (Lipinski definition) is 4. The molecule has 8 heteroatoms. The van der Waals surface area contributed by atoms with Crippen LogP contribution in [0.25, 0.3) is 10.9 Å². The van der Waals surface area contributed by atoms with E-state index in [9.17, 15) is 9.59 Å². The maximum atomic E-state index is 13.0. The molecule has 0 unspecified atom stereocenters. The van der Waals surface area contributed by atoms with Crippen LogP contribution >= 0.6 is 23.8 Å². The van der Waals surface area contributed by atoms with Gasteiger partial charge in [-0.05, 0) is 60.6 Å². The molecule has 150 valence electrons. The fraction of sp³-hybridized carbons (Fsp3) is 0.0909. The van der Waals surface area contributed by atoms with Crippen molar-refractivity contribution in [2.45, 2.75) is 13.5 Å². The van der Waals surface area contributed by atoms with Crippen LogP contribution in [0.3, 0.4) is 0 Å². The molecule has 0 saturated carbocycles. The van der Waals surface area contributed by atoms with Crippen molar-refractivity contribution in [1.29, 1.82) is 0 Å². The van der Waals surface area contributed by atoms with Crippen LogP contribution in [-0.4, -0.2) is 20.4 Å². The zero-order valence-corrected chi connectivity index (χ0v) is 17.6. The highest BCUT2D eigenvalue weighted by Gasteiger charge is 2.13. The van der Waals surface area contributed by atoms with E-state index in [-0.39, 0.29) is 22.8 Å². The van der Waals surface area contributed by atoms with Crippen molar-refractivity contribution in [3.63, 3.8) is 0 Å². The monoisotopic (exact) mass is 436 g/mol. The Labute approximate surface area is 182 Å². The lowest BCUT2D eigenvalue weighted by molar-refractivity contribution is 0.102. The lowest BCUT2D eigenvalue weighted by Crippen LogP contribution is -2.23. The topological polar surface area (TPSA) is 79.8 Å². The molecule has 2 aromatic heterocycles. The number of pyridine rings is 1. The van der Waals surface area contributed by atoms with Crippen LogP contribution in [-0.2, 0) is 6.54 Å². The van der Waals surface area contributed by atoms with E-state index in [4.69, 9.17) is 23.8 Å². The van der Waals surface area contributed by atoms with Crippen LogP contribution in [0.15, 0.2) is 65.6 Å². The summed E-state index contributed by atoms with van der Waals surface area (Å²) in [5, 5.41) is 3.78. The molecule has 1 amide bonds. The molecule has 0 bridgehead atoms. The minimum atomic E-state index is -0.321. The number of benzene rings is 2. The van der Waals surface area contributed by atoms with E-state index in [1.165, 1.54) is 4.57 Å². The van der Waals surface area contributed by atoms with Crippen LogP contribution in [0.5, 0.6) is 0 Å². The zero-order valence-electron chi connectivity index (χ0n) is 16.0. The van der Waals surface area contributed by atoms with Gasteiger partial charge in [-0.2, -0.15) is 0 Å². The minimum Gasteiger partial charge on any atom is -0.332 e. The smallest absolute Gasteiger partial charge is 0.262 e. The van der Waals surface area contributed by atoms with Gasteiger partial charge in [0.25, 0.3) is 11.5 Å². The number of carbonyl (C=O) groups is 1. The average Bonchev–Trinajstić information content (AvgIpc) is 2.73. The van der Waals surface area contributed by atoms with Crippen molar-refractivity contribution in [2.75, 3.05) is 5.32 Å². The first-order chi connectivity index (χ1) is 14.4. The minimum absolute atomic E-state index is 0.249. The molecule has 2 aromatic carbocycles. The standard InChI is InChI=1S/C22H17ClN4O2S/c1-13-5-4-10-24-19(13)26-20(28)14-8-9-16-18(11-14)25-22(30)27(21(16)29)12-15-6-2-3-7-17(15)23/h2-11H,12H2,1H3,(H,25,30)(H,24,26,28). The van der Waals surface area contributed by atoms with Crippen LogP contribution in [0.4, 0.5) is 5.82 Å². The second-order valence-corrected chi connectivity index (χ2v) is 7.59. The zero-order chi connectivity index (χ0) is 21.3. The summed E-state index contributed by atoms with van der Waals surface area (Å²) in [7, 11) is 0. The van der Waals surface area contributed by atoms with Gasteiger partial charge < -0.3 is 10.3 Å². The number of nitrogens with zero attached hydrogens (tertiary/aromatic N) is 2.